The van der Waals surface area contributed by atoms with Crippen LogP contribution in [0.1, 0.15) is 50.1 Å². The summed E-state index contributed by atoms with van der Waals surface area (Å²) in [6.07, 6.45) is 5.58. The van der Waals surface area contributed by atoms with Crippen LogP contribution < -0.4 is 5.32 Å². The molecule has 0 amide bonds. The Hall–Kier alpha value is -1.62. The van der Waals surface area contributed by atoms with Gasteiger partial charge in [0.05, 0.1) is 6.04 Å². The van der Waals surface area contributed by atoms with Gasteiger partial charge in [0.1, 0.15) is 11.6 Å². The molecule has 0 saturated carbocycles. The van der Waals surface area contributed by atoms with Gasteiger partial charge in [0.15, 0.2) is 0 Å². The number of aromatic nitrogens is 4. The molecule has 1 aliphatic rings. The number of hydrogen-bond donors (Lipinski definition) is 1. The van der Waals surface area contributed by atoms with Crippen molar-refractivity contribution in [2.75, 3.05) is 0 Å². The zero-order valence-electron chi connectivity index (χ0n) is 12.3. The highest BCUT2D eigenvalue weighted by atomic mass is 15.3. The Morgan fingerprint density at radius 1 is 1.40 bits per heavy atom. The van der Waals surface area contributed by atoms with Gasteiger partial charge < -0.3 is 14.5 Å². The van der Waals surface area contributed by atoms with E-state index in [1.165, 1.54) is 12.1 Å². The van der Waals surface area contributed by atoms with Crippen molar-refractivity contribution in [3.8, 4) is 0 Å². The van der Waals surface area contributed by atoms with E-state index in [0.29, 0.717) is 0 Å². The lowest BCUT2D eigenvalue weighted by Crippen LogP contribution is -2.23. The first-order valence-electron chi connectivity index (χ1n) is 7.59. The first kappa shape index (κ1) is 13.4. The standard InChI is InChI=1S/C15H23N5/c1-3-8-19-9-4-6-13(19)11-16-12(2)15-18-17-14-7-5-10-20(14)15/h4,6,9,12,16H,3,5,7-8,10-11H2,1-2H3. The third-order valence-corrected chi connectivity index (χ3v) is 4.00. The number of nitrogens with one attached hydrogen (secondary N) is 1. The number of rotatable bonds is 6. The van der Waals surface area contributed by atoms with Crippen molar-refractivity contribution in [1.82, 2.24) is 24.6 Å². The molecule has 0 spiro atoms. The monoisotopic (exact) mass is 273 g/mol. The lowest BCUT2D eigenvalue weighted by Gasteiger charge is -2.15. The Bertz CT molecular complexity index is 569. The number of fused-ring (bicyclic) bond motifs is 1. The Kier molecular flexibility index (Phi) is 3.87. The molecule has 1 N–H and O–H groups in total. The normalized spacial score (nSPS) is 15.5. The molecule has 3 heterocycles. The lowest BCUT2D eigenvalue weighted by atomic mass is 10.3. The van der Waals surface area contributed by atoms with E-state index in [9.17, 15) is 0 Å². The van der Waals surface area contributed by atoms with Crippen molar-refractivity contribution in [3.63, 3.8) is 0 Å². The third kappa shape index (κ3) is 2.50. The number of hydrogen-bond acceptors (Lipinski definition) is 3. The Morgan fingerprint density at radius 2 is 2.30 bits per heavy atom. The van der Waals surface area contributed by atoms with Crippen molar-refractivity contribution in [2.24, 2.45) is 0 Å². The maximum atomic E-state index is 4.34. The molecule has 20 heavy (non-hydrogen) atoms. The van der Waals surface area contributed by atoms with E-state index in [1.54, 1.807) is 0 Å². The third-order valence-electron chi connectivity index (χ3n) is 4.00. The summed E-state index contributed by atoms with van der Waals surface area (Å²) in [6, 6.07) is 4.54. The smallest absolute Gasteiger partial charge is 0.149 e. The second-order valence-electron chi connectivity index (χ2n) is 5.53. The molecule has 2 aromatic heterocycles. The molecular weight excluding hydrogens is 250 g/mol. The largest absolute Gasteiger partial charge is 0.350 e. The fourth-order valence-corrected chi connectivity index (χ4v) is 2.91. The molecule has 0 saturated heterocycles. The molecule has 3 rings (SSSR count). The molecule has 2 aromatic rings. The van der Waals surface area contributed by atoms with Crippen LogP contribution in [-0.4, -0.2) is 19.3 Å². The van der Waals surface area contributed by atoms with Gasteiger partial charge in [-0.05, 0) is 31.9 Å². The molecule has 0 aromatic carbocycles. The molecule has 0 radical (unpaired) electrons. The van der Waals surface area contributed by atoms with Crippen molar-refractivity contribution in [3.05, 3.63) is 35.7 Å². The average molecular weight is 273 g/mol. The molecule has 108 valence electrons. The van der Waals surface area contributed by atoms with Crippen LogP contribution in [0.3, 0.4) is 0 Å². The van der Waals surface area contributed by atoms with Gasteiger partial charge in [0.2, 0.25) is 0 Å². The second kappa shape index (κ2) is 5.79. The van der Waals surface area contributed by atoms with Crippen molar-refractivity contribution in [1.29, 1.82) is 0 Å². The summed E-state index contributed by atoms with van der Waals surface area (Å²) >= 11 is 0. The minimum absolute atomic E-state index is 0.235. The fourth-order valence-electron chi connectivity index (χ4n) is 2.91. The highest BCUT2D eigenvalue weighted by Gasteiger charge is 2.20. The Morgan fingerprint density at radius 3 is 3.15 bits per heavy atom. The summed E-state index contributed by atoms with van der Waals surface area (Å²) in [6.45, 7) is 7.40. The predicted octanol–water partition coefficient (Wildman–Crippen LogP) is 2.29. The Balaban J connectivity index is 1.64. The van der Waals surface area contributed by atoms with Crippen LogP contribution in [-0.2, 0) is 26.1 Å². The Labute approximate surface area is 120 Å². The quantitative estimate of drug-likeness (QED) is 0.878. The molecule has 0 aliphatic carbocycles. The van der Waals surface area contributed by atoms with Gasteiger partial charge in [-0.3, -0.25) is 0 Å². The van der Waals surface area contributed by atoms with E-state index in [1.807, 2.05) is 0 Å². The molecule has 0 fully saturated rings. The maximum Gasteiger partial charge on any atom is 0.149 e. The number of aryl methyl sites for hydroxylation is 2. The van der Waals surface area contributed by atoms with Crippen molar-refractivity contribution >= 4 is 0 Å². The summed E-state index contributed by atoms with van der Waals surface area (Å²) < 4.78 is 4.58. The summed E-state index contributed by atoms with van der Waals surface area (Å²) in [4.78, 5) is 0. The van der Waals surface area contributed by atoms with Crippen LogP contribution in [0.25, 0.3) is 0 Å². The van der Waals surface area contributed by atoms with Crippen LogP contribution in [0.2, 0.25) is 0 Å². The summed E-state index contributed by atoms with van der Waals surface area (Å²) in [5, 5.41) is 12.2. The van der Waals surface area contributed by atoms with Crippen molar-refractivity contribution in [2.45, 2.75) is 58.8 Å². The highest BCUT2D eigenvalue weighted by molar-refractivity contribution is 5.08. The van der Waals surface area contributed by atoms with E-state index in [2.05, 4.69) is 56.8 Å². The lowest BCUT2D eigenvalue weighted by molar-refractivity contribution is 0.499. The van der Waals surface area contributed by atoms with Gasteiger partial charge >= 0.3 is 0 Å². The molecule has 1 atom stereocenters. The van der Waals surface area contributed by atoms with E-state index in [4.69, 9.17) is 0 Å². The highest BCUT2D eigenvalue weighted by Crippen LogP contribution is 2.19. The molecule has 0 bridgehead atoms. The van der Waals surface area contributed by atoms with E-state index >= 15 is 0 Å². The minimum Gasteiger partial charge on any atom is -0.350 e. The first-order chi connectivity index (χ1) is 9.79. The van der Waals surface area contributed by atoms with E-state index < -0.39 is 0 Å². The van der Waals surface area contributed by atoms with E-state index in [0.717, 1.165) is 44.1 Å². The first-order valence-corrected chi connectivity index (χ1v) is 7.59. The SMILES string of the molecule is CCCn1cccc1CNC(C)c1nnc2n1CCC2. The summed E-state index contributed by atoms with van der Waals surface area (Å²) in [5.74, 6) is 2.22. The molecule has 1 unspecified atom stereocenters. The van der Waals surface area contributed by atoms with Gasteiger partial charge in [-0.15, -0.1) is 10.2 Å². The number of nitrogens with zero attached hydrogens (tertiary/aromatic N) is 4. The zero-order chi connectivity index (χ0) is 13.9. The van der Waals surface area contributed by atoms with Crippen LogP contribution in [0, 0.1) is 0 Å². The van der Waals surface area contributed by atoms with Gasteiger partial charge in [-0.1, -0.05) is 6.92 Å². The van der Waals surface area contributed by atoms with Crippen LogP contribution in [0.15, 0.2) is 18.3 Å². The topological polar surface area (TPSA) is 47.7 Å². The van der Waals surface area contributed by atoms with Crippen LogP contribution >= 0.6 is 0 Å². The molecule has 5 nitrogen and oxygen atoms in total. The molecule has 1 aliphatic heterocycles. The van der Waals surface area contributed by atoms with Crippen LogP contribution in [0.5, 0.6) is 0 Å². The van der Waals surface area contributed by atoms with Gasteiger partial charge in [0, 0.05) is 37.9 Å². The fraction of sp³-hybridized carbons (Fsp3) is 0.600. The molecular formula is C15H23N5. The average Bonchev–Trinajstić information content (AvgIpc) is 3.12. The second-order valence-corrected chi connectivity index (χ2v) is 5.53. The van der Waals surface area contributed by atoms with Crippen molar-refractivity contribution < 1.29 is 0 Å². The van der Waals surface area contributed by atoms with Gasteiger partial charge in [0.25, 0.3) is 0 Å². The van der Waals surface area contributed by atoms with Crippen LogP contribution in [0.4, 0.5) is 0 Å². The summed E-state index contributed by atoms with van der Waals surface area (Å²) in [5.41, 5.74) is 1.33. The van der Waals surface area contributed by atoms with Gasteiger partial charge in [-0.2, -0.15) is 0 Å². The summed E-state index contributed by atoms with van der Waals surface area (Å²) in [7, 11) is 0. The minimum atomic E-state index is 0.235. The zero-order valence-corrected chi connectivity index (χ0v) is 12.3. The predicted molar refractivity (Wildman–Crippen MR) is 78.3 cm³/mol. The maximum absolute atomic E-state index is 4.34. The molecule has 5 heteroatoms. The van der Waals surface area contributed by atoms with Gasteiger partial charge in [-0.25, -0.2) is 0 Å². The van der Waals surface area contributed by atoms with E-state index in [-0.39, 0.29) is 6.04 Å².